The van der Waals surface area contributed by atoms with Gasteiger partial charge in [0.1, 0.15) is 0 Å². The first kappa shape index (κ1) is 23.4. The molecule has 2 heterocycles. The van der Waals surface area contributed by atoms with E-state index in [9.17, 15) is 21.6 Å². The number of carboxylic acids is 1. The summed E-state index contributed by atoms with van der Waals surface area (Å²) in [5.41, 5.74) is 0.109. The van der Waals surface area contributed by atoms with Crippen molar-refractivity contribution in [1.82, 2.24) is 9.62 Å². The Morgan fingerprint density at radius 2 is 1.82 bits per heavy atom. The van der Waals surface area contributed by atoms with Gasteiger partial charge >= 0.3 is 12.1 Å². The van der Waals surface area contributed by atoms with E-state index in [-0.39, 0.29) is 11.5 Å². The lowest BCUT2D eigenvalue weighted by molar-refractivity contribution is -0.192. The van der Waals surface area contributed by atoms with Crippen LogP contribution in [0.2, 0.25) is 0 Å². The second-order valence-corrected chi connectivity index (χ2v) is 9.81. The molecule has 7 nitrogen and oxygen atoms in total. The van der Waals surface area contributed by atoms with Gasteiger partial charge in [0.15, 0.2) is 0 Å². The normalized spacial score (nSPS) is 26.2. The minimum atomic E-state index is -5.08. The van der Waals surface area contributed by atoms with Gasteiger partial charge in [-0.15, -0.1) is 0 Å². The molecule has 2 aliphatic heterocycles. The molecule has 2 saturated heterocycles. The monoisotopic (exact) mass is 430 g/mol. The lowest BCUT2D eigenvalue weighted by Gasteiger charge is -2.49. The van der Waals surface area contributed by atoms with Crippen molar-refractivity contribution < 1.29 is 36.2 Å². The minimum Gasteiger partial charge on any atom is -0.475 e. The maximum Gasteiger partial charge on any atom is 0.490 e. The van der Waals surface area contributed by atoms with Crippen LogP contribution in [-0.4, -0.2) is 75.7 Å². The van der Waals surface area contributed by atoms with Gasteiger partial charge in [0.2, 0.25) is 10.0 Å². The van der Waals surface area contributed by atoms with Crippen LogP contribution in [0.15, 0.2) is 0 Å². The van der Waals surface area contributed by atoms with Crippen molar-refractivity contribution >= 4 is 16.0 Å². The van der Waals surface area contributed by atoms with Crippen molar-refractivity contribution in [3.05, 3.63) is 0 Å². The highest BCUT2D eigenvalue weighted by Crippen LogP contribution is 2.41. The molecule has 3 fully saturated rings. The zero-order valence-corrected chi connectivity index (χ0v) is 16.8. The van der Waals surface area contributed by atoms with E-state index in [0.717, 1.165) is 44.9 Å². The van der Waals surface area contributed by atoms with E-state index in [4.69, 9.17) is 14.6 Å². The van der Waals surface area contributed by atoms with Gasteiger partial charge in [-0.1, -0.05) is 6.42 Å². The molecule has 0 aromatic carbocycles. The predicted octanol–water partition coefficient (Wildman–Crippen LogP) is 1.84. The van der Waals surface area contributed by atoms with E-state index in [0.29, 0.717) is 6.61 Å². The SMILES string of the molecule is CS(=O)(=O)NC1COCCC12CCN(CC1CCC1)CC2.O=C(O)C(F)(F)F. The fourth-order valence-electron chi connectivity index (χ4n) is 4.06. The van der Waals surface area contributed by atoms with Gasteiger partial charge in [-0.3, -0.25) is 0 Å². The Balaban J connectivity index is 0.000000345. The van der Waals surface area contributed by atoms with Gasteiger partial charge in [0, 0.05) is 13.2 Å². The van der Waals surface area contributed by atoms with Crippen LogP contribution in [0.3, 0.4) is 0 Å². The van der Waals surface area contributed by atoms with E-state index < -0.39 is 22.2 Å². The number of carbonyl (C=O) groups is 1. The number of sulfonamides is 1. The first-order valence-corrected chi connectivity index (χ1v) is 11.4. The van der Waals surface area contributed by atoms with Crippen LogP contribution in [0, 0.1) is 11.3 Å². The fourth-order valence-corrected chi connectivity index (χ4v) is 4.90. The summed E-state index contributed by atoms with van der Waals surface area (Å²) >= 11 is 0. The molecule has 0 bridgehead atoms. The van der Waals surface area contributed by atoms with E-state index in [1.54, 1.807) is 0 Å². The molecular weight excluding hydrogens is 401 g/mol. The average Bonchev–Trinajstić information content (AvgIpc) is 2.53. The Bertz CT molecular complexity index is 629. The fraction of sp³-hybridized carbons (Fsp3) is 0.941. The molecule has 0 aromatic heterocycles. The second kappa shape index (κ2) is 9.27. The molecule has 1 unspecified atom stereocenters. The topological polar surface area (TPSA) is 95.9 Å². The molecular formula is C17H29F3N2O5S. The average molecular weight is 430 g/mol. The number of nitrogens with zero attached hydrogens (tertiary/aromatic N) is 1. The molecule has 164 valence electrons. The van der Waals surface area contributed by atoms with E-state index in [1.807, 2.05) is 0 Å². The summed E-state index contributed by atoms with van der Waals surface area (Å²) in [7, 11) is -3.17. The van der Waals surface area contributed by atoms with Crippen molar-refractivity contribution in [1.29, 1.82) is 0 Å². The predicted molar refractivity (Wildman–Crippen MR) is 96.3 cm³/mol. The summed E-state index contributed by atoms with van der Waals surface area (Å²) in [6.07, 6.45) is 3.53. The number of alkyl halides is 3. The highest BCUT2D eigenvalue weighted by Gasteiger charge is 2.44. The largest absolute Gasteiger partial charge is 0.490 e. The maximum absolute atomic E-state index is 11.6. The van der Waals surface area contributed by atoms with Gasteiger partial charge in [0.05, 0.1) is 18.9 Å². The smallest absolute Gasteiger partial charge is 0.475 e. The third-order valence-electron chi connectivity index (χ3n) is 5.96. The molecule has 1 spiro atoms. The Hall–Kier alpha value is -0.910. The zero-order chi connectivity index (χ0) is 21.0. The number of carboxylic acid groups (broad SMARTS) is 1. The Kier molecular flexibility index (Phi) is 7.74. The first-order valence-electron chi connectivity index (χ1n) is 9.49. The third kappa shape index (κ3) is 6.85. The number of ether oxygens (including phenoxy) is 1. The van der Waals surface area contributed by atoms with Crippen LogP contribution in [0.4, 0.5) is 13.2 Å². The molecule has 3 rings (SSSR count). The molecule has 0 amide bonds. The summed E-state index contributed by atoms with van der Waals surface area (Å²) in [5.74, 6) is -1.84. The number of aliphatic carboxylic acids is 1. The van der Waals surface area contributed by atoms with Crippen LogP contribution < -0.4 is 4.72 Å². The summed E-state index contributed by atoms with van der Waals surface area (Å²) in [5, 5.41) is 7.12. The van der Waals surface area contributed by atoms with Crippen molar-refractivity contribution in [2.45, 2.75) is 50.7 Å². The number of nitrogens with one attached hydrogen (secondary N) is 1. The van der Waals surface area contributed by atoms with Crippen LogP contribution >= 0.6 is 0 Å². The Labute approximate surface area is 163 Å². The van der Waals surface area contributed by atoms with Gasteiger partial charge < -0.3 is 14.7 Å². The van der Waals surface area contributed by atoms with Gasteiger partial charge in [-0.05, 0) is 56.5 Å². The Morgan fingerprint density at radius 3 is 2.25 bits per heavy atom. The van der Waals surface area contributed by atoms with Crippen molar-refractivity contribution in [3.8, 4) is 0 Å². The van der Waals surface area contributed by atoms with E-state index >= 15 is 0 Å². The van der Waals surface area contributed by atoms with Crippen LogP contribution in [0.25, 0.3) is 0 Å². The lowest BCUT2D eigenvalue weighted by atomic mass is 9.69. The second-order valence-electron chi connectivity index (χ2n) is 8.03. The standard InChI is InChI=1S/C15H28N2O3S.C2HF3O2/c1-21(18,19)16-14-12-20-10-7-15(14)5-8-17(9-6-15)11-13-3-2-4-13;3-2(4,5)1(6)7/h13-14,16H,2-12H2,1H3;(H,6,7). The Morgan fingerprint density at radius 1 is 1.25 bits per heavy atom. The third-order valence-corrected chi connectivity index (χ3v) is 6.67. The summed E-state index contributed by atoms with van der Waals surface area (Å²) < 4.78 is 63.3. The molecule has 0 radical (unpaired) electrons. The highest BCUT2D eigenvalue weighted by molar-refractivity contribution is 7.88. The summed E-state index contributed by atoms with van der Waals surface area (Å²) in [4.78, 5) is 11.5. The number of hydrogen-bond acceptors (Lipinski definition) is 5. The number of piperidine rings is 1. The van der Waals surface area contributed by atoms with Crippen molar-refractivity contribution in [2.24, 2.45) is 11.3 Å². The molecule has 3 aliphatic rings. The quantitative estimate of drug-likeness (QED) is 0.707. The molecule has 0 aromatic rings. The molecule has 2 N–H and O–H groups in total. The zero-order valence-electron chi connectivity index (χ0n) is 16.0. The van der Waals surface area contributed by atoms with Gasteiger partial charge in [0.25, 0.3) is 0 Å². The summed E-state index contributed by atoms with van der Waals surface area (Å²) in [6, 6.07) is -0.0490. The van der Waals surface area contributed by atoms with E-state index in [1.165, 1.54) is 32.1 Å². The van der Waals surface area contributed by atoms with Crippen LogP contribution in [0.1, 0.15) is 38.5 Å². The van der Waals surface area contributed by atoms with Crippen LogP contribution in [-0.2, 0) is 19.6 Å². The minimum absolute atomic E-state index is 0.0490. The maximum atomic E-state index is 11.6. The van der Waals surface area contributed by atoms with Gasteiger partial charge in [-0.2, -0.15) is 13.2 Å². The van der Waals surface area contributed by atoms with Crippen molar-refractivity contribution in [3.63, 3.8) is 0 Å². The number of halogens is 3. The first-order chi connectivity index (χ1) is 12.9. The molecule has 28 heavy (non-hydrogen) atoms. The summed E-state index contributed by atoms with van der Waals surface area (Å²) in [6.45, 7) is 4.76. The molecule has 1 atom stereocenters. The number of hydrogen-bond donors (Lipinski definition) is 2. The molecule has 11 heteroatoms. The molecule has 1 saturated carbocycles. The highest BCUT2D eigenvalue weighted by atomic mass is 32.2. The number of rotatable bonds is 4. The van der Waals surface area contributed by atoms with Crippen molar-refractivity contribution in [2.75, 3.05) is 39.1 Å². The van der Waals surface area contributed by atoms with Gasteiger partial charge in [-0.25, -0.2) is 17.9 Å². The molecule has 1 aliphatic carbocycles. The number of likely N-dealkylation sites (tertiary alicyclic amines) is 1. The lowest BCUT2D eigenvalue weighted by Crippen LogP contribution is -2.57. The van der Waals surface area contributed by atoms with E-state index in [2.05, 4.69) is 9.62 Å². The van der Waals surface area contributed by atoms with Crippen LogP contribution in [0.5, 0.6) is 0 Å².